The number of nitrogens with one attached hydrogen (secondary N) is 1. The molecule has 6 atom stereocenters. The van der Waals surface area contributed by atoms with E-state index in [1.54, 1.807) is 0 Å². The first-order valence-electron chi connectivity index (χ1n) is 13.1. The number of allylic oxidation sites excluding steroid dienone is 2. The van der Waals surface area contributed by atoms with Gasteiger partial charge in [-0.15, -0.1) is 0 Å². The number of carboxylic acids is 1. The number of hydrogen-bond donors (Lipinski definition) is 4. The lowest BCUT2D eigenvalue weighted by molar-refractivity contribution is -0.168. The van der Waals surface area contributed by atoms with Crippen molar-refractivity contribution in [3.8, 4) is 11.5 Å². The van der Waals surface area contributed by atoms with Crippen LogP contribution in [0.25, 0.3) is 5.57 Å². The molecule has 198 valence electrons. The summed E-state index contributed by atoms with van der Waals surface area (Å²) in [6.07, 6.45) is 5.06. The van der Waals surface area contributed by atoms with E-state index in [2.05, 4.69) is 18.3 Å². The second kappa shape index (κ2) is 8.17. The molecule has 0 radical (unpaired) electrons. The van der Waals surface area contributed by atoms with Gasteiger partial charge in [0.25, 0.3) is 0 Å². The number of ketones is 1. The number of rotatable bonds is 6. The number of carbonyl (C=O) groups is 3. The molecule has 38 heavy (non-hydrogen) atoms. The van der Waals surface area contributed by atoms with E-state index in [1.165, 1.54) is 0 Å². The summed E-state index contributed by atoms with van der Waals surface area (Å²) in [6.45, 7) is 4.13. The number of ether oxygens (including phenoxy) is 1. The molecule has 0 aromatic heterocycles. The van der Waals surface area contributed by atoms with E-state index in [0.29, 0.717) is 11.5 Å². The third-order valence-corrected chi connectivity index (χ3v) is 9.59. The molecular formula is C30H31NO7. The van der Waals surface area contributed by atoms with Gasteiger partial charge in [-0.2, -0.15) is 0 Å². The molecule has 4 N–H and O–H groups in total. The molecule has 5 aliphatic rings. The summed E-state index contributed by atoms with van der Waals surface area (Å²) < 4.78 is 6.55. The average molecular weight is 518 g/mol. The molecule has 0 unspecified atom stereocenters. The molecule has 4 bridgehead atoms. The van der Waals surface area contributed by atoms with Crippen molar-refractivity contribution in [3.05, 3.63) is 59.7 Å². The second-order valence-corrected chi connectivity index (χ2v) is 11.9. The van der Waals surface area contributed by atoms with Gasteiger partial charge >= 0.3 is 5.97 Å². The SMILES string of the molecule is C[C@]12C[C@@]34C=C(c5ccccc5)C(=O)[C@@](C)(CCC(=O)Nc5c(O)ccc(C(=O)O)c5O)[C@@H]3[C@H](C[C@H]1C4)O2. The number of aromatic hydroxyl groups is 2. The number of benzene rings is 2. The second-order valence-electron chi connectivity index (χ2n) is 11.9. The highest BCUT2D eigenvalue weighted by atomic mass is 16.5. The highest BCUT2D eigenvalue weighted by molar-refractivity contribution is 6.24. The van der Waals surface area contributed by atoms with Crippen molar-refractivity contribution in [2.45, 2.75) is 57.7 Å². The molecule has 2 aromatic carbocycles. The van der Waals surface area contributed by atoms with Gasteiger partial charge < -0.3 is 25.4 Å². The fraction of sp³-hybridized carbons (Fsp3) is 0.433. The van der Waals surface area contributed by atoms with Crippen LogP contribution in [0, 0.1) is 22.7 Å². The van der Waals surface area contributed by atoms with Crippen LogP contribution in [0.15, 0.2) is 48.5 Å². The fourth-order valence-corrected chi connectivity index (χ4v) is 8.10. The molecule has 1 spiro atoms. The molecule has 4 fully saturated rings. The summed E-state index contributed by atoms with van der Waals surface area (Å²) in [6, 6.07) is 11.8. The Hall–Kier alpha value is -3.65. The predicted molar refractivity (Wildman–Crippen MR) is 139 cm³/mol. The number of aromatic carboxylic acids is 1. The highest BCUT2D eigenvalue weighted by Gasteiger charge is 2.72. The van der Waals surface area contributed by atoms with Crippen LogP contribution in [0.1, 0.15) is 61.9 Å². The van der Waals surface area contributed by atoms with Crippen LogP contribution in [0.2, 0.25) is 0 Å². The molecule has 8 heteroatoms. The van der Waals surface area contributed by atoms with Gasteiger partial charge in [0.15, 0.2) is 11.5 Å². The largest absolute Gasteiger partial charge is 0.506 e. The van der Waals surface area contributed by atoms with E-state index in [4.69, 9.17) is 4.74 Å². The summed E-state index contributed by atoms with van der Waals surface area (Å²) in [4.78, 5) is 38.7. The zero-order valence-corrected chi connectivity index (χ0v) is 21.4. The third kappa shape index (κ3) is 3.42. The minimum Gasteiger partial charge on any atom is -0.506 e. The maximum atomic E-state index is 14.2. The van der Waals surface area contributed by atoms with Crippen LogP contribution < -0.4 is 5.32 Å². The van der Waals surface area contributed by atoms with Crippen molar-refractivity contribution < 1.29 is 34.4 Å². The van der Waals surface area contributed by atoms with Crippen molar-refractivity contribution in [2.24, 2.45) is 22.7 Å². The molecule has 2 aromatic rings. The Kier molecular flexibility index (Phi) is 5.31. The van der Waals surface area contributed by atoms with Gasteiger partial charge in [0.05, 0.1) is 11.7 Å². The smallest absolute Gasteiger partial charge is 0.339 e. The van der Waals surface area contributed by atoms with Crippen LogP contribution in [0.4, 0.5) is 5.69 Å². The molecule has 7 rings (SSSR count). The lowest BCUT2D eigenvalue weighted by atomic mass is 9.49. The molecule has 1 amide bonds. The van der Waals surface area contributed by atoms with Gasteiger partial charge in [-0.05, 0) is 61.6 Å². The number of Topliss-reactive ketones (excluding diaryl/α,β-unsaturated/α-hetero) is 1. The van der Waals surface area contributed by atoms with Crippen LogP contribution in [0.3, 0.4) is 0 Å². The van der Waals surface area contributed by atoms with Crippen LogP contribution in [0.5, 0.6) is 11.5 Å². The summed E-state index contributed by atoms with van der Waals surface area (Å²) in [5, 5.41) is 32.2. The maximum Gasteiger partial charge on any atom is 0.339 e. The standard InChI is InChI=1S/C30H31NO7/c1-28(11-10-22(33)31-23-20(32)9-8-18(24(23)34)27(36)37)25-21-12-17-13-30(25,15-29(17,2)38-21)14-19(26(28)35)16-6-4-3-5-7-16/h3-9,14,17,21,25,32,34H,10-13,15H2,1-2H3,(H,31,33)(H,36,37)/t17-,21-,25-,28-,29-,30+/m0/s1. The van der Waals surface area contributed by atoms with E-state index in [0.717, 1.165) is 37.0 Å². The first-order chi connectivity index (χ1) is 18.0. The quantitative estimate of drug-likeness (QED) is 0.406. The van der Waals surface area contributed by atoms with E-state index in [1.807, 2.05) is 37.3 Å². The Morgan fingerprint density at radius 1 is 1.11 bits per heavy atom. The first kappa shape index (κ1) is 24.7. The summed E-state index contributed by atoms with van der Waals surface area (Å²) in [5.41, 5.74) is -0.471. The van der Waals surface area contributed by atoms with Gasteiger partial charge in [0.1, 0.15) is 17.0 Å². The van der Waals surface area contributed by atoms with E-state index in [9.17, 15) is 29.7 Å². The monoisotopic (exact) mass is 517 g/mol. The normalized spacial score (nSPS) is 34.6. The van der Waals surface area contributed by atoms with Gasteiger partial charge in [0, 0.05) is 23.3 Å². The molecule has 2 aliphatic heterocycles. The number of carbonyl (C=O) groups excluding carboxylic acids is 2. The molecule has 8 nitrogen and oxygen atoms in total. The number of phenolic OH excluding ortho intramolecular Hbond substituents is 1. The molecule has 2 saturated carbocycles. The Morgan fingerprint density at radius 3 is 2.53 bits per heavy atom. The number of anilines is 1. The first-order valence-corrected chi connectivity index (χ1v) is 13.1. The summed E-state index contributed by atoms with van der Waals surface area (Å²) >= 11 is 0. The van der Waals surface area contributed by atoms with Crippen molar-refractivity contribution in [1.82, 2.24) is 0 Å². The topological polar surface area (TPSA) is 133 Å². The van der Waals surface area contributed by atoms with Crippen molar-refractivity contribution in [3.63, 3.8) is 0 Å². The van der Waals surface area contributed by atoms with Crippen molar-refractivity contribution in [2.75, 3.05) is 5.32 Å². The lowest BCUT2D eigenvalue weighted by Crippen LogP contribution is -2.57. The Bertz CT molecular complexity index is 1400. The molecular weight excluding hydrogens is 486 g/mol. The Labute approximate surface area is 220 Å². The number of amides is 1. The minimum atomic E-state index is -1.39. The molecule has 2 saturated heterocycles. The fourth-order valence-electron chi connectivity index (χ4n) is 8.10. The molecule has 3 aliphatic carbocycles. The highest BCUT2D eigenvalue weighted by Crippen LogP contribution is 2.72. The number of carboxylic acid groups (broad SMARTS) is 1. The summed E-state index contributed by atoms with van der Waals surface area (Å²) in [7, 11) is 0. The van der Waals surface area contributed by atoms with Gasteiger partial charge in [0.2, 0.25) is 5.91 Å². The average Bonchev–Trinajstić information content (AvgIpc) is 3.24. The van der Waals surface area contributed by atoms with E-state index in [-0.39, 0.29) is 47.4 Å². The van der Waals surface area contributed by atoms with Crippen LogP contribution in [-0.4, -0.2) is 44.7 Å². The number of hydrogen-bond acceptors (Lipinski definition) is 6. The van der Waals surface area contributed by atoms with E-state index >= 15 is 0 Å². The van der Waals surface area contributed by atoms with Gasteiger partial charge in [-0.25, -0.2) is 4.79 Å². The predicted octanol–water partition coefficient (Wildman–Crippen LogP) is 4.76. The third-order valence-electron chi connectivity index (χ3n) is 9.59. The van der Waals surface area contributed by atoms with Crippen molar-refractivity contribution in [1.29, 1.82) is 0 Å². The lowest BCUT2D eigenvalue weighted by Gasteiger charge is -2.56. The zero-order valence-electron chi connectivity index (χ0n) is 21.4. The Morgan fingerprint density at radius 2 is 1.84 bits per heavy atom. The van der Waals surface area contributed by atoms with Gasteiger partial charge in [-0.1, -0.05) is 43.3 Å². The molecule has 2 heterocycles. The Balaban J connectivity index is 1.32. The van der Waals surface area contributed by atoms with Crippen molar-refractivity contribution >= 4 is 28.9 Å². The number of phenols is 2. The van der Waals surface area contributed by atoms with Gasteiger partial charge in [-0.3, -0.25) is 9.59 Å². The minimum absolute atomic E-state index is 0.00625. The van der Waals surface area contributed by atoms with Crippen LogP contribution >= 0.6 is 0 Å². The maximum absolute atomic E-state index is 14.2. The summed E-state index contributed by atoms with van der Waals surface area (Å²) in [5.74, 6) is -2.70. The zero-order chi connectivity index (χ0) is 27.0. The van der Waals surface area contributed by atoms with E-state index < -0.39 is 34.4 Å². The van der Waals surface area contributed by atoms with Crippen LogP contribution in [-0.2, 0) is 14.3 Å².